The summed E-state index contributed by atoms with van der Waals surface area (Å²) in [5, 5.41) is 5.07. The predicted octanol–water partition coefficient (Wildman–Crippen LogP) is 17.4. The molecule has 0 spiro atoms. The average molecular weight is 968 g/mol. The van der Waals surface area contributed by atoms with Crippen molar-refractivity contribution in [1.29, 1.82) is 0 Å². The Kier molecular flexibility index (Phi) is 11.2. The van der Waals surface area contributed by atoms with Crippen molar-refractivity contribution in [3.8, 4) is 56.4 Å². The van der Waals surface area contributed by atoms with Crippen LogP contribution in [0.1, 0.15) is 63.8 Å². The van der Waals surface area contributed by atoms with Gasteiger partial charge in [-0.2, -0.15) is 0 Å². The molecule has 0 amide bonds. The van der Waals surface area contributed by atoms with E-state index >= 15 is 0 Å². The van der Waals surface area contributed by atoms with Crippen LogP contribution in [0.15, 0.2) is 231 Å². The SMILES string of the molecule is CC(C)(C)c1cc(-c2cc(Cc3c4ccccc4c(-c4ccccc4)c4ccccc34)cc(-c3cc4c5c(c3)Oc3cc(N(c6ccccc6)c6ccccc6)ccc3B5c3ccccc3O4)c2)cc(C(C)(C)C)c1. The lowest BCUT2D eigenvalue weighted by atomic mass is 9.35. The molecular weight excluding hydrogens is 910 g/mol. The Labute approximate surface area is 441 Å². The van der Waals surface area contributed by atoms with Crippen LogP contribution in [0.4, 0.5) is 17.1 Å². The Morgan fingerprint density at radius 2 is 0.827 bits per heavy atom. The first-order valence-corrected chi connectivity index (χ1v) is 26.4. The molecular formula is C71H58BNO2. The molecule has 75 heavy (non-hydrogen) atoms. The van der Waals surface area contributed by atoms with E-state index in [1.807, 2.05) is 0 Å². The zero-order chi connectivity index (χ0) is 51.0. The Morgan fingerprint density at radius 1 is 0.360 bits per heavy atom. The van der Waals surface area contributed by atoms with E-state index in [9.17, 15) is 0 Å². The van der Waals surface area contributed by atoms with E-state index in [4.69, 9.17) is 9.47 Å². The van der Waals surface area contributed by atoms with Crippen LogP contribution in [0.2, 0.25) is 0 Å². The molecule has 0 atom stereocenters. The van der Waals surface area contributed by atoms with E-state index in [1.165, 1.54) is 66.1 Å². The molecule has 0 N–H and O–H groups in total. The summed E-state index contributed by atoms with van der Waals surface area (Å²) in [6, 6.07) is 84.2. The van der Waals surface area contributed by atoms with Gasteiger partial charge in [-0.15, -0.1) is 0 Å². The van der Waals surface area contributed by atoms with E-state index < -0.39 is 0 Å². The van der Waals surface area contributed by atoms with E-state index in [0.717, 1.165) is 74.0 Å². The highest BCUT2D eigenvalue weighted by Gasteiger charge is 2.41. The first-order valence-electron chi connectivity index (χ1n) is 26.4. The molecule has 13 rings (SSSR count). The summed E-state index contributed by atoms with van der Waals surface area (Å²) >= 11 is 0. The van der Waals surface area contributed by atoms with Gasteiger partial charge < -0.3 is 14.4 Å². The number of hydrogen-bond acceptors (Lipinski definition) is 3. The fourth-order valence-electron chi connectivity index (χ4n) is 11.7. The quantitative estimate of drug-likeness (QED) is 0.112. The van der Waals surface area contributed by atoms with Gasteiger partial charge in [0.2, 0.25) is 0 Å². The van der Waals surface area contributed by atoms with Gasteiger partial charge in [0.15, 0.2) is 0 Å². The van der Waals surface area contributed by atoms with Crippen molar-refractivity contribution in [3.05, 3.63) is 253 Å². The summed E-state index contributed by atoms with van der Waals surface area (Å²) in [6.07, 6.45) is 0.734. The normalized spacial score (nSPS) is 12.6. The molecule has 2 aliphatic rings. The summed E-state index contributed by atoms with van der Waals surface area (Å²) in [6.45, 7) is 13.9. The topological polar surface area (TPSA) is 21.7 Å². The van der Waals surface area contributed by atoms with E-state index in [1.54, 1.807) is 0 Å². The van der Waals surface area contributed by atoms with Gasteiger partial charge in [0.25, 0.3) is 6.71 Å². The van der Waals surface area contributed by atoms with Crippen LogP contribution in [0, 0.1) is 0 Å². The molecule has 11 aromatic carbocycles. The molecule has 2 heterocycles. The van der Waals surface area contributed by atoms with Crippen molar-refractivity contribution >= 4 is 61.7 Å². The maximum Gasteiger partial charge on any atom is 0.260 e. The largest absolute Gasteiger partial charge is 0.458 e. The molecule has 4 heteroatoms. The molecule has 0 saturated heterocycles. The fourth-order valence-corrected chi connectivity index (χ4v) is 11.7. The number of hydrogen-bond donors (Lipinski definition) is 0. The minimum atomic E-state index is -0.0769. The van der Waals surface area contributed by atoms with Crippen LogP contribution in [0.5, 0.6) is 23.0 Å². The Hall–Kier alpha value is -8.60. The summed E-state index contributed by atoms with van der Waals surface area (Å²) in [7, 11) is 0. The van der Waals surface area contributed by atoms with Crippen molar-refractivity contribution in [3.63, 3.8) is 0 Å². The summed E-state index contributed by atoms with van der Waals surface area (Å²) in [5.41, 5.74) is 18.6. The third-order valence-corrected chi connectivity index (χ3v) is 15.5. The van der Waals surface area contributed by atoms with Gasteiger partial charge in [-0.1, -0.05) is 211 Å². The number of anilines is 3. The van der Waals surface area contributed by atoms with E-state index in [-0.39, 0.29) is 17.5 Å². The van der Waals surface area contributed by atoms with Crippen molar-refractivity contribution in [2.45, 2.75) is 58.8 Å². The fraction of sp³-hybridized carbons (Fsp3) is 0.127. The van der Waals surface area contributed by atoms with Gasteiger partial charge in [0.05, 0.1) is 0 Å². The second-order valence-electron chi connectivity index (χ2n) is 22.5. The Morgan fingerprint density at radius 3 is 1.40 bits per heavy atom. The standard InChI is InChI=1S/C71H58BNO2/c1-70(2,3)52-40-50(41-53(44-52)71(4,5)6)48-36-46(38-61-57-28-16-18-30-59(57)68(47-22-10-7-11-23-47)60-31-19-17-29-58(60)61)37-49(39-48)51-42-66-69-67(43-51)75-65-45-56(34-35-63(65)72(69)62-32-20-21-33-64(62)74-66)73(54-24-12-8-13-25-54)55-26-14-9-15-27-55/h7-37,39-45H,38H2,1-6H3. The second kappa shape index (κ2) is 18.1. The van der Waals surface area contributed by atoms with Gasteiger partial charge in [-0.05, 0) is 160 Å². The maximum absolute atomic E-state index is 7.25. The van der Waals surface area contributed by atoms with Gasteiger partial charge in [0.1, 0.15) is 23.0 Å². The lowest BCUT2D eigenvalue weighted by Crippen LogP contribution is -2.57. The number of para-hydroxylation sites is 3. The molecule has 0 bridgehead atoms. The summed E-state index contributed by atoms with van der Waals surface area (Å²) in [5.74, 6) is 3.33. The van der Waals surface area contributed by atoms with Crippen molar-refractivity contribution in [1.82, 2.24) is 0 Å². The third kappa shape index (κ3) is 8.35. The minimum absolute atomic E-state index is 0.0488. The monoisotopic (exact) mass is 967 g/mol. The molecule has 0 aromatic heterocycles. The number of fused-ring (bicyclic) bond motifs is 6. The molecule has 3 nitrogen and oxygen atoms in total. The Balaban J connectivity index is 1.01. The van der Waals surface area contributed by atoms with Gasteiger partial charge in [0, 0.05) is 28.6 Å². The summed E-state index contributed by atoms with van der Waals surface area (Å²) < 4.78 is 14.2. The number of rotatable bonds is 8. The van der Waals surface area contributed by atoms with Gasteiger partial charge >= 0.3 is 0 Å². The average Bonchev–Trinajstić information content (AvgIpc) is 3.43. The third-order valence-electron chi connectivity index (χ3n) is 15.5. The van der Waals surface area contributed by atoms with Gasteiger partial charge in [-0.25, -0.2) is 0 Å². The lowest BCUT2D eigenvalue weighted by molar-refractivity contribution is 0.465. The van der Waals surface area contributed by atoms with E-state index in [0.29, 0.717) is 0 Å². The highest BCUT2D eigenvalue weighted by molar-refractivity contribution is 6.98. The summed E-state index contributed by atoms with van der Waals surface area (Å²) in [4.78, 5) is 2.30. The molecule has 0 saturated carbocycles. The van der Waals surface area contributed by atoms with Gasteiger partial charge in [-0.3, -0.25) is 0 Å². The molecule has 0 radical (unpaired) electrons. The van der Waals surface area contributed by atoms with Crippen LogP contribution in [-0.4, -0.2) is 6.71 Å². The van der Waals surface area contributed by atoms with Crippen LogP contribution < -0.4 is 30.8 Å². The first kappa shape index (κ1) is 46.2. The number of nitrogens with zero attached hydrogens (tertiary/aromatic N) is 1. The molecule has 2 aliphatic heterocycles. The van der Waals surface area contributed by atoms with Crippen molar-refractivity contribution in [2.24, 2.45) is 0 Å². The molecule has 362 valence electrons. The minimum Gasteiger partial charge on any atom is -0.458 e. The van der Waals surface area contributed by atoms with Crippen LogP contribution >= 0.6 is 0 Å². The zero-order valence-corrected chi connectivity index (χ0v) is 43.5. The van der Waals surface area contributed by atoms with Crippen molar-refractivity contribution in [2.75, 3.05) is 4.90 Å². The Bertz CT molecular complexity index is 3870. The highest BCUT2D eigenvalue weighted by Crippen LogP contribution is 2.45. The van der Waals surface area contributed by atoms with Crippen LogP contribution in [0.25, 0.3) is 54.9 Å². The lowest BCUT2D eigenvalue weighted by Gasteiger charge is -2.34. The van der Waals surface area contributed by atoms with E-state index in [2.05, 4.69) is 277 Å². The molecule has 0 unspecified atom stereocenters. The number of benzene rings is 11. The molecule has 0 aliphatic carbocycles. The second-order valence-corrected chi connectivity index (χ2v) is 22.5. The van der Waals surface area contributed by atoms with Crippen LogP contribution in [0.3, 0.4) is 0 Å². The van der Waals surface area contributed by atoms with Crippen LogP contribution in [-0.2, 0) is 17.3 Å². The molecule has 0 fully saturated rings. The first-order chi connectivity index (χ1) is 36.4. The molecule has 11 aromatic rings. The number of ether oxygens (including phenoxy) is 2. The smallest absolute Gasteiger partial charge is 0.260 e. The predicted molar refractivity (Wildman–Crippen MR) is 317 cm³/mol. The van der Waals surface area contributed by atoms with Crippen molar-refractivity contribution < 1.29 is 9.47 Å². The highest BCUT2D eigenvalue weighted by atomic mass is 16.5. The zero-order valence-electron chi connectivity index (χ0n) is 43.5. The maximum atomic E-state index is 7.25.